The lowest BCUT2D eigenvalue weighted by molar-refractivity contribution is -0.142. The molecule has 0 saturated heterocycles. The Morgan fingerprint density at radius 1 is 0.796 bits per heavy atom. The monoisotopic (exact) mass is 687 g/mol. The molecule has 0 aliphatic carbocycles. The van der Waals surface area contributed by atoms with Gasteiger partial charge in [0.05, 0.1) is 6.04 Å². The van der Waals surface area contributed by atoms with Gasteiger partial charge in [0.25, 0.3) is 0 Å². The van der Waals surface area contributed by atoms with Gasteiger partial charge in [-0.25, -0.2) is 4.79 Å². The zero-order valence-electron chi connectivity index (χ0n) is 28.8. The van der Waals surface area contributed by atoms with Crippen molar-refractivity contribution < 1.29 is 39.0 Å². The molecular formula is C34H53N7O8. The Labute approximate surface area is 286 Å². The number of carbonyl (C=O) groups is 6. The van der Waals surface area contributed by atoms with Gasteiger partial charge in [0.1, 0.15) is 24.2 Å². The Kier molecular flexibility index (Phi) is 16.7. The van der Waals surface area contributed by atoms with E-state index >= 15 is 0 Å². The maximum absolute atomic E-state index is 13.9. The normalized spacial score (nSPS) is 15.0. The number of unbranched alkanes of at least 4 members (excludes halogenated alkanes) is 1. The molecule has 1 aromatic heterocycles. The van der Waals surface area contributed by atoms with E-state index in [1.165, 1.54) is 0 Å². The lowest BCUT2D eigenvalue weighted by Crippen LogP contribution is -2.59. The van der Waals surface area contributed by atoms with Crippen molar-refractivity contribution in [1.82, 2.24) is 26.3 Å². The van der Waals surface area contributed by atoms with Crippen molar-refractivity contribution >= 4 is 46.5 Å². The molecule has 4 amide bonds. The Morgan fingerprint density at radius 2 is 1.37 bits per heavy atom. The Morgan fingerprint density at radius 3 is 1.94 bits per heavy atom. The number of nitrogens with two attached hydrogens (primary N) is 2. The van der Waals surface area contributed by atoms with Crippen molar-refractivity contribution in [2.45, 2.75) is 109 Å². The molecule has 272 valence electrons. The number of aromatic amines is 1. The van der Waals surface area contributed by atoms with Gasteiger partial charge in [-0.05, 0) is 62.1 Å². The first-order valence-electron chi connectivity index (χ1n) is 16.8. The van der Waals surface area contributed by atoms with E-state index in [9.17, 15) is 39.0 Å². The molecule has 0 radical (unpaired) electrons. The summed E-state index contributed by atoms with van der Waals surface area (Å²) in [4.78, 5) is 80.4. The predicted molar refractivity (Wildman–Crippen MR) is 184 cm³/mol. The maximum Gasteiger partial charge on any atom is 0.326 e. The number of carboxylic acid groups (broad SMARTS) is 2. The maximum atomic E-state index is 13.9. The summed E-state index contributed by atoms with van der Waals surface area (Å²) in [7, 11) is 0. The number of H-pyrrole nitrogens is 1. The summed E-state index contributed by atoms with van der Waals surface area (Å²) >= 11 is 0. The third-order valence-corrected chi connectivity index (χ3v) is 8.47. The van der Waals surface area contributed by atoms with Crippen LogP contribution in [0.25, 0.3) is 10.9 Å². The molecular weight excluding hydrogens is 634 g/mol. The molecule has 0 aliphatic rings. The highest BCUT2D eigenvalue weighted by atomic mass is 16.4. The topological polar surface area (TPSA) is 259 Å². The minimum absolute atomic E-state index is 0.0264. The number of fused-ring (bicyclic) bond motifs is 1. The van der Waals surface area contributed by atoms with Crippen LogP contribution < -0.4 is 32.7 Å². The predicted octanol–water partition coefficient (Wildman–Crippen LogP) is 1.15. The van der Waals surface area contributed by atoms with E-state index in [4.69, 9.17) is 11.5 Å². The summed E-state index contributed by atoms with van der Waals surface area (Å²) in [6.45, 7) is 7.65. The van der Waals surface area contributed by atoms with E-state index in [0.29, 0.717) is 31.4 Å². The molecule has 15 nitrogen and oxygen atoms in total. The molecule has 0 fully saturated rings. The summed E-state index contributed by atoms with van der Waals surface area (Å²) in [5, 5.41) is 30.2. The van der Waals surface area contributed by atoms with Crippen LogP contribution in [-0.4, -0.2) is 87.5 Å². The number of hydrogen-bond acceptors (Lipinski definition) is 8. The van der Waals surface area contributed by atoms with Gasteiger partial charge in [-0.15, -0.1) is 0 Å². The van der Waals surface area contributed by atoms with E-state index in [-0.39, 0.29) is 37.5 Å². The molecule has 0 unspecified atom stereocenters. The summed E-state index contributed by atoms with van der Waals surface area (Å²) in [5.41, 5.74) is 13.3. The number of benzene rings is 1. The van der Waals surface area contributed by atoms with E-state index in [2.05, 4.69) is 26.3 Å². The number of amides is 4. The van der Waals surface area contributed by atoms with Gasteiger partial charge in [-0.1, -0.05) is 52.3 Å². The zero-order chi connectivity index (χ0) is 36.7. The van der Waals surface area contributed by atoms with Crippen molar-refractivity contribution in [3.8, 4) is 0 Å². The highest BCUT2D eigenvalue weighted by Crippen LogP contribution is 2.20. The van der Waals surface area contributed by atoms with Crippen molar-refractivity contribution in [2.24, 2.45) is 23.3 Å². The lowest BCUT2D eigenvalue weighted by Gasteiger charge is -2.27. The number of carbonyl (C=O) groups excluding carboxylic acids is 4. The minimum atomic E-state index is -1.41. The fraction of sp³-hybridized carbons (Fsp3) is 0.588. The largest absolute Gasteiger partial charge is 0.481 e. The summed E-state index contributed by atoms with van der Waals surface area (Å²) in [6.07, 6.45) is 2.79. The molecule has 15 heteroatoms. The van der Waals surface area contributed by atoms with Crippen LogP contribution in [0.15, 0.2) is 30.5 Å². The minimum Gasteiger partial charge on any atom is -0.481 e. The molecule has 2 rings (SSSR count). The van der Waals surface area contributed by atoms with Crippen molar-refractivity contribution in [3.05, 3.63) is 36.0 Å². The molecule has 1 aromatic carbocycles. The molecule has 0 spiro atoms. The summed E-state index contributed by atoms with van der Waals surface area (Å²) in [5.74, 6) is -5.56. The van der Waals surface area contributed by atoms with Crippen LogP contribution in [0.4, 0.5) is 0 Å². The van der Waals surface area contributed by atoms with Gasteiger partial charge in [-0.3, -0.25) is 24.0 Å². The van der Waals surface area contributed by atoms with E-state index in [1.807, 2.05) is 52.0 Å². The molecule has 49 heavy (non-hydrogen) atoms. The SMILES string of the molecule is CC[C@H](C)[C@H](N)C(=O)N[C@@H](Cc1c[nH]c2ccccc12)C(=O)N[C@@H](CCC(=O)O)C(=O)N[C@@H](CCCCN)C(=O)N[C@@H](CC(C)C)C(=O)O. The molecule has 1 heterocycles. The number of aliphatic carboxylic acids is 2. The first-order valence-corrected chi connectivity index (χ1v) is 16.8. The van der Waals surface area contributed by atoms with E-state index in [1.54, 1.807) is 6.20 Å². The van der Waals surface area contributed by atoms with Crippen LogP contribution in [0.1, 0.15) is 78.2 Å². The van der Waals surface area contributed by atoms with Crippen LogP contribution in [-0.2, 0) is 35.2 Å². The number of nitrogens with one attached hydrogen (secondary N) is 5. The summed E-state index contributed by atoms with van der Waals surface area (Å²) < 4.78 is 0. The lowest BCUT2D eigenvalue weighted by atomic mass is 9.98. The first-order chi connectivity index (χ1) is 23.2. The quantitative estimate of drug-likeness (QED) is 0.0798. The highest BCUT2D eigenvalue weighted by Gasteiger charge is 2.33. The van der Waals surface area contributed by atoms with E-state index < -0.39 is 72.2 Å². The molecule has 11 N–H and O–H groups in total. The number of carboxylic acids is 2. The van der Waals surface area contributed by atoms with Crippen molar-refractivity contribution in [2.75, 3.05) is 6.54 Å². The highest BCUT2D eigenvalue weighted by molar-refractivity contribution is 5.96. The van der Waals surface area contributed by atoms with E-state index in [0.717, 1.165) is 10.9 Å². The number of para-hydroxylation sites is 1. The van der Waals surface area contributed by atoms with Gasteiger partial charge in [0.2, 0.25) is 23.6 Å². The second-order valence-electron chi connectivity index (χ2n) is 12.9. The number of aromatic nitrogens is 1. The zero-order valence-corrected chi connectivity index (χ0v) is 28.8. The van der Waals surface area contributed by atoms with Gasteiger partial charge >= 0.3 is 11.9 Å². The molecule has 0 saturated carbocycles. The average Bonchev–Trinajstić information content (AvgIpc) is 3.46. The third-order valence-electron chi connectivity index (χ3n) is 8.47. The van der Waals surface area contributed by atoms with Gasteiger partial charge < -0.3 is 47.9 Å². The molecule has 0 bridgehead atoms. The van der Waals surface area contributed by atoms with Crippen LogP contribution in [0.2, 0.25) is 0 Å². The fourth-order valence-corrected chi connectivity index (χ4v) is 5.32. The first kappa shape index (κ1) is 40.7. The Hall–Kier alpha value is -4.50. The fourth-order valence-electron chi connectivity index (χ4n) is 5.32. The smallest absolute Gasteiger partial charge is 0.326 e. The second kappa shape index (κ2) is 20.1. The van der Waals surface area contributed by atoms with Crippen LogP contribution in [0.3, 0.4) is 0 Å². The Bertz CT molecular complexity index is 1430. The van der Waals surface area contributed by atoms with Gasteiger partial charge in [0.15, 0.2) is 0 Å². The van der Waals surface area contributed by atoms with Crippen LogP contribution in [0, 0.1) is 11.8 Å². The number of hydrogen-bond donors (Lipinski definition) is 9. The molecule has 0 aliphatic heterocycles. The molecule has 2 aromatic rings. The Balaban J connectivity index is 2.37. The third kappa shape index (κ3) is 13.1. The van der Waals surface area contributed by atoms with Crippen LogP contribution >= 0.6 is 0 Å². The van der Waals surface area contributed by atoms with Gasteiger partial charge in [-0.2, -0.15) is 0 Å². The number of rotatable bonds is 22. The molecule has 6 atom stereocenters. The standard InChI is InChI=1S/C34H53N7O8/c1-5-20(4)29(36)33(47)40-26(17-21-18-37-23-11-7-6-10-22(21)23)32(46)39-25(13-14-28(42)43)31(45)38-24(12-8-9-15-35)30(44)41-27(34(48)49)16-19(2)3/h6-7,10-11,18-20,24-27,29,37H,5,8-9,12-17,35-36H2,1-4H3,(H,38,45)(H,39,46)(H,40,47)(H,41,44)(H,42,43)(H,48,49)/t20-,24-,25-,26-,27-,29-/m0/s1. The second-order valence-corrected chi connectivity index (χ2v) is 12.9. The summed E-state index contributed by atoms with van der Waals surface area (Å²) in [6, 6.07) is 1.50. The van der Waals surface area contributed by atoms with Crippen LogP contribution in [0.5, 0.6) is 0 Å². The van der Waals surface area contributed by atoms with Crippen molar-refractivity contribution in [3.63, 3.8) is 0 Å². The van der Waals surface area contributed by atoms with Gasteiger partial charge in [0, 0.05) is 29.9 Å². The average molecular weight is 688 g/mol. The van der Waals surface area contributed by atoms with Crippen molar-refractivity contribution in [1.29, 1.82) is 0 Å².